The zero-order valence-corrected chi connectivity index (χ0v) is 13.6. The second-order valence-electron chi connectivity index (χ2n) is 4.29. The number of aromatic nitrogens is 2. The first-order chi connectivity index (χ1) is 9.60. The molecule has 1 aromatic heterocycles. The van der Waals surface area contributed by atoms with E-state index >= 15 is 0 Å². The molecule has 0 bridgehead atoms. The third-order valence-electron chi connectivity index (χ3n) is 2.56. The molecule has 0 unspecified atom stereocenters. The lowest BCUT2D eigenvalue weighted by Gasteiger charge is -2.09. The Labute approximate surface area is 133 Å². The highest BCUT2D eigenvalue weighted by Gasteiger charge is 2.09. The average Bonchev–Trinajstić information content (AvgIpc) is 2.43. The fourth-order valence-electron chi connectivity index (χ4n) is 1.51. The highest BCUT2D eigenvalue weighted by Crippen LogP contribution is 2.35. The van der Waals surface area contributed by atoms with Gasteiger partial charge in [0.15, 0.2) is 0 Å². The minimum atomic E-state index is 0.637. The maximum Gasteiger partial charge on any atom is 0.223 e. The first kappa shape index (κ1) is 15.4. The van der Waals surface area contributed by atoms with Crippen LogP contribution in [0.2, 0.25) is 10.0 Å². The lowest BCUT2D eigenvalue weighted by Crippen LogP contribution is -2.05. The van der Waals surface area contributed by atoms with Crippen molar-refractivity contribution in [3.8, 4) is 0 Å². The molecule has 1 heterocycles. The second-order valence-corrected chi connectivity index (χ2v) is 6.16. The summed E-state index contributed by atoms with van der Waals surface area (Å²) in [7, 11) is 0. The molecule has 2 aromatic rings. The highest BCUT2D eigenvalue weighted by molar-refractivity contribution is 7.99. The number of nitrogens with zero attached hydrogens (tertiary/aromatic N) is 2. The summed E-state index contributed by atoms with van der Waals surface area (Å²) in [4.78, 5) is 9.67. The SMILES string of the molecule is CCCNc1ncc(C)c(Sc2cc(Cl)ccc2Cl)n1. The Morgan fingerprint density at radius 3 is 2.85 bits per heavy atom. The Morgan fingerprint density at radius 2 is 2.10 bits per heavy atom. The molecule has 6 heteroatoms. The van der Waals surface area contributed by atoms with Crippen LogP contribution in [0.15, 0.2) is 34.3 Å². The van der Waals surface area contributed by atoms with Crippen LogP contribution >= 0.6 is 35.0 Å². The van der Waals surface area contributed by atoms with Gasteiger partial charge in [0.2, 0.25) is 5.95 Å². The van der Waals surface area contributed by atoms with E-state index in [9.17, 15) is 0 Å². The van der Waals surface area contributed by atoms with E-state index in [4.69, 9.17) is 23.2 Å². The molecule has 3 nitrogen and oxygen atoms in total. The van der Waals surface area contributed by atoms with E-state index in [1.165, 1.54) is 11.8 Å². The number of rotatable bonds is 5. The third-order valence-corrected chi connectivity index (χ3v) is 4.40. The molecule has 1 aromatic carbocycles. The Bertz CT molecular complexity index is 605. The van der Waals surface area contributed by atoms with Crippen LogP contribution in [-0.2, 0) is 0 Å². The lowest BCUT2D eigenvalue weighted by atomic mass is 10.4. The van der Waals surface area contributed by atoms with Crippen molar-refractivity contribution in [2.45, 2.75) is 30.2 Å². The van der Waals surface area contributed by atoms with Crippen molar-refractivity contribution < 1.29 is 0 Å². The predicted octanol–water partition coefficient (Wildman–Crippen LogP) is 5.06. The number of nitrogens with one attached hydrogen (secondary N) is 1. The largest absolute Gasteiger partial charge is 0.354 e. The van der Waals surface area contributed by atoms with E-state index in [1.54, 1.807) is 12.1 Å². The molecule has 0 saturated heterocycles. The number of aryl methyl sites for hydroxylation is 1. The van der Waals surface area contributed by atoms with Gasteiger partial charge < -0.3 is 5.32 Å². The van der Waals surface area contributed by atoms with E-state index in [-0.39, 0.29) is 0 Å². The quantitative estimate of drug-likeness (QED) is 0.778. The fourth-order valence-corrected chi connectivity index (χ4v) is 2.89. The van der Waals surface area contributed by atoms with Gasteiger partial charge >= 0.3 is 0 Å². The van der Waals surface area contributed by atoms with Gasteiger partial charge in [0, 0.05) is 28.2 Å². The van der Waals surface area contributed by atoms with Crippen LogP contribution in [0.4, 0.5) is 5.95 Å². The Hall–Kier alpha value is -0.970. The van der Waals surface area contributed by atoms with Gasteiger partial charge in [-0.05, 0) is 31.5 Å². The van der Waals surface area contributed by atoms with Gasteiger partial charge in [0.1, 0.15) is 5.03 Å². The van der Waals surface area contributed by atoms with Crippen molar-refractivity contribution in [3.05, 3.63) is 40.0 Å². The minimum Gasteiger partial charge on any atom is -0.354 e. The van der Waals surface area contributed by atoms with Gasteiger partial charge in [-0.25, -0.2) is 9.97 Å². The molecule has 106 valence electrons. The van der Waals surface area contributed by atoms with Crippen LogP contribution in [0, 0.1) is 6.92 Å². The summed E-state index contributed by atoms with van der Waals surface area (Å²) in [6.45, 7) is 4.93. The number of halogens is 2. The first-order valence-corrected chi connectivity index (χ1v) is 7.88. The Balaban J connectivity index is 2.25. The molecule has 0 radical (unpaired) electrons. The lowest BCUT2D eigenvalue weighted by molar-refractivity contribution is 0.925. The number of benzene rings is 1. The van der Waals surface area contributed by atoms with Gasteiger partial charge in [-0.1, -0.05) is 41.9 Å². The second kappa shape index (κ2) is 7.16. The standard InChI is InChI=1S/C14H15Cl2N3S/c1-3-6-17-14-18-8-9(2)13(19-14)20-12-7-10(15)4-5-11(12)16/h4-5,7-8H,3,6H2,1-2H3,(H,17,18,19). The topological polar surface area (TPSA) is 37.8 Å². The summed E-state index contributed by atoms with van der Waals surface area (Å²) in [5.74, 6) is 0.637. The molecular weight excluding hydrogens is 313 g/mol. The molecule has 0 aliphatic carbocycles. The summed E-state index contributed by atoms with van der Waals surface area (Å²) in [6.07, 6.45) is 2.84. The summed E-state index contributed by atoms with van der Waals surface area (Å²) in [6, 6.07) is 5.41. The molecule has 20 heavy (non-hydrogen) atoms. The molecule has 0 saturated carbocycles. The molecule has 2 rings (SSSR count). The fraction of sp³-hybridized carbons (Fsp3) is 0.286. The third kappa shape index (κ3) is 4.01. The van der Waals surface area contributed by atoms with Crippen LogP contribution < -0.4 is 5.32 Å². The van der Waals surface area contributed by atoms with Crippen molar-refractivity contribution in [3.63, 3.8) is 0 Å². The molecule has 0 fully saturated rings. The normalized spacial score (nSPS) is 10.6. The molecule has 0 spiro atoms. The zero-order valence-electron chi connectivity index (χ0n) is 11.3. The number of hydrogen-bond donors (Lipinski definition) is 1. The van der Waals surface area contributed by atoms with E-state index in [0.29, 0.717) is 16.0 Å². The van der Waals surface area contributed by atoms with Gasteiger partial charge in [-0.2, -0.15) is 0 Å². The smallest absolute Gasteiger partial charge is 0.223 e. The van der Waals surface area contributed by atoms with Crippen LogP contribution in [0.3, 0.4) is 0 Å². The van der Waals surface area contributed by atoms with Gasteiger partial charge in [-0.15, -0.1) is 0 Å². The Morgan fingerprint density at radius 1 is 1.30 bits per heavy atom. The number of anilines is 1. The van der Waals surface area contributed by atoms with Crippen LogP contribution in [0.5, 0.6) is 0 Å². The van der Waals surface area contributed by atoms with Crippen LogP contribution in [0.25, 0.3) is 0 Å². The van der Waals surface area contributed by atoms with Crippen LogP contribution in [0.1, 0.15) is 18.9 Å². The van der Waals surface area contributed by atoms with E-state index in [2.05, 4.69) is 22.2 Å². The molecule has 0 aliphatic heterocycles. The van der Waals surface area contributed by atoms with Crippen LogP contribution in [-0.4, -0.2) is 16.5 Å². The summed E-state index contributed by atoms with van der Waals surface area (Å²) in [5.41, 5.74) is 1.01. The van der Waals surface area contributed by atoms with Gasteiger partial charge in [-0.3, -0.25) is 0 Å². The number of hydrogen-bond acceptors (Lipinski definition) is 4. The monoisotopic (exact) mass is 327 g/mol. The van der Waals surface area contributed by atoms with Crippen molar-refractivity contribution in [2.75, 3.05) is 11.9 Å². The minimum absolute atomic E-state index is 0.637. The van der Waals surface area contributed by atoms with Gasteiger partial charge in [0.05, 0.1) is 5.02 Å². The maximum atomic E-state index is 6.18. The molecule has 0 atom stereocenters. The van der Waals surface area contributed by atoms with Crippen molar-refractivity contribution in [2.24, 2.45) is 0 Å². The van der Waals surface area contributed by atoms with E-state index in [0.717, 1.165) is 28.5 Å². The first-order valence-electron chi connectivity index (χ1n) is 6.30. The van der Waals surface area contributed by atoms with Gasteiger partial charge in [0.25, 0.3) is 0 Å². The summed E-state index contributed by atoms with van der Waals surface area (Å²) >= 11 is 13.7. The van der Waals surface area contributed by atoms with Crippen molar-refractivity contribution in [1.82, 2.24) is 9.97 Å². The van der Waals surface area contributed by atoms with Crippen molar-refractivity contribution >= 4 is 40.9 Å². The van der Waals surface area contributed by atoms with E-state index < -0.39 is 0 Å². The summed E-state index contributed by atoms with van der Waals surface area (Å²) in [5, 5.41) is 5.38. The summed E-state index contributed by atoms with van der Waals surface area (Å²) < 4.78 is 0. The molecule has 0 aliphatic rings. The molecular formula is C14H15Cl2N3S. The molecule has 1 N–H and O–H groups in total. The zero-order chi connectivity index (χ0) is 14.5. The Kier molecular flexibility index (Phi) is 5.52. The predicted molar refractivity (Wildman–Crippen MR) is 86.1 cm³/mol. The highest BCUT2D eigenvalue weighted by atomic mass is 35.5. The molecule has 0 amide bonds. The average molecular weight is 328 g/mol. The maximum absolute atomic E-state index is 6.18. The van der Waals surface area contributed by atoms with Crippen molar-refractivity contribution in [1.29, 1.82) is 0 Å². The van der Waals surface area contributed by atoms with E-state index in [1.807, 2.05) is 19.2 Å².